The van der Waals surface area contributed by atoms with Crippen LogP contribution in [0, 0.1) is 0 Å². The summed E-state index contributed by atoms with van der Waals surface area (Å²) in [6.45, 7) is 3.02. The lowest BCUT2D eigenvalue weighted by Gasteiger charge is -2.04. The first-order chi connectivity index (χ1) is 6.18. The molecule has 1 aromatic rings. The van der Waals surface area contributed by atoms with Gasteiger partial charge < -0.3 is 4.74 Å². The van der Waals surface area contributed by atoms with Crippen molar-refractivity contribution in [3.05, 3.63) is 29.3 Å². The summed E-state index contributed by atoms with van der Waals surface area (Å²) in [6.07, 6.45) is 0. The topological polar surface area (TPSA) is 12.5 Å². The lowest BCUT2D eigenvalue weighted by atomic mass is 10.3. The van der Waals surface area contributed by atoms with Gasteiger partial charge in [-0.1, -0.05) is 17.7 Å². The lowest BCUT2D eigenvalue weighted by Crippen LogP contribution is -2.07. The highest BCUT2D eigenvalue weighted by Gasteiger charge is 2.38. The van der Waals surface area contributed by atoms with Crippen molar-refractivity contribution in [2.45, 2.75) is 17.4 Å². The minimum Gasteiger partial charge on any atom is -0.369 e. The number of hydrogen-bond donors (Lipinski definition) is 0. The van der Waals surface area contributed by atoms with E-state index in [9.17, 15) is 0 Å². The highest BCUT2D eigenvalue weighted by molar-refractivity contribution is 7.99. The molecule has 1 heterocycles. The van der Waals surface area contributed by atoms with Crippen molar-refractivity contribution in [3.63, 3.8) is 0 Å². The summed E-state index contributed by atoms with van der Waals surface area (Å²) in [5.41, 5.74) is 0.118. The van der Waals surface area contributed by atoms with Crippen molar-refractivity contribution in [2.75, 3.05) is 12.4 Å². The van der Waals surface area contributed by atoms with Crippen molar-refractivity contribution < 1.29 is 4.74 Å². The van der Waals surface area contributed by atoms with Crippen LogP contribution in [0.3, 0.4) is 0 Å². The zero-order valence-corrected chi connectivity index (χ0v) is 8.99. The molecule has 0 spiro atoms. The van der Waals surface area contributed by atoms with Crippen molar-refractivity contribution in [1.29, 1.82) is 0 Å². The van der Waals surface area contributed by atoms with Crippen LogP contribution in [0.1, 0.15) is 6.92 Å². The van der Waals surface area contributed by atoms with Crippen LogP contribution in [-0.4, -0.2) is 18.0 Å². The second-order valence-electron chi connectivity index (χ2n) is 3.48. The molecule has 0 amide bonds. The summed E-state index contributed by atoms with van der Waals surface area (Å²) in [6, 6.07) is 7.92. The molecule has 0 bridgehead atoms. The molecule has 0 aromatic heterocycles. The van der Waals surface area contributed by atoms with Gasteiger partial charge in [-0.05, 0) is 25.1 Å². The van der Waals surface area contributed by atoms with Crippen LogP contribution in [0.4, 0.5) is 0 Å². The molecule has 3 heteroatoms. The Labute approximate surface area is 87.4 Å². The van der Waals surface area contributed by atoms with Crippen LogP contribution in [-0.2, 0) is 4.74 Å². The third-order valence-corrected chi connectivity index (χ3v) is 3.55. The van der Waals surface area contributed by atoms with Gasteiger partial charge in [-0.2, -0.15) is 0 Å². The molecule has 0 aliphatic carbocycles. The summed E-state index contributed by atoms with van der Waals surface area (Å²) in [5.74, 6) is 1.01. The highest BCUT2D eigenvalue weighted by Crippen LogP contribution is 2.33. The predicted molar refractivity (Wildman–Crippen MR) is 56.5 cm³/mol. The van der Waals surface area contributed by atoms with Crippen molar-refractivity contribution >= 4 is 23.4 Å². The molecule has 0 radical (unpaired) electrons. The summed E-state index contributed by atoms with van der Waals surface area (Å²) >= 11 is 7.66. The number of hydrogen-bond acceptors (Lipinski definition) is 2. The molecule has 0 N–H and O–H groups in total. The van der Waals surface area contributed by atoms with Gasteiger partial charge in [-0.3, -0.25) is 0 Å². The molecule has 1 unspecified atom stereocenters. The first-order valence-corrected chi connectivity index (χ1v) is 5.57. The SMILES string of the molecule is CC1(CSc2cccc(Cl)c2)CO1. The minimum atomic E-state index is 0.118. The highest BCUT2D eigenvalue weighted by atomic mass is 35.5. The molecule has 1 aliphatic rings. The molecule has 1 saturated heterocycles. The molecule has 2 rings (SSSR count). The number of benzene rings is 1. The summed E-state index contributed by atoms with van der Waals surface area (Å²) in [5, 5.41) is 0.798. The maximum absolute atomic E-state index is 5.87. The average molecular weight is 215 g/mol. The molecule has 1 fully saturated rings. The van der Waals surface area contributed by atoms with Gasteiger partial charge in [0, 0.05) is 15.7 Å². The van der Waals surface area contributed by atoms with E-state index in [0.717, 1.165) is 17.4 Å². The zero-order chi connectivity index (χ0) is 9.31. The quantitative estimate of drug-likeness (QED) is 0.566. The first kappa shape index (κ1) is 9.38. The first-order valence-electron chi connectivity index (χ1n) is 4.20. The van der Waals surface area contributed by atoms with E-state index in [4.69, 9.17) is 16.3 Å². The van der Waals surface area contributed by atoms with E-state index in [2.05, 4.69) is 13.0 Å². The van der Waals surface area contributed by atoms with Crippen LogP contribution < -0.4 is 0 Å². The monoisotopic (exact) mass is 214 g/mol. The molecular formula is C10H11ClOS. The Balaban J connectivity index is 1.94. The molecule has 1 aliphatic heterocycles. The van der Waals surface area contributed by atoms with Gasteiger partial charge in [-0.15, -0.1) is 11.8 Å². The Hall–Kier alpha value is -0.180. The molecule has 70 valence electrons. The molecule has 1 atom stereocenters. The second-order valence-corrected chi connectivity index (χ2v) is 4.97. The van der Waals surface area contributed by atoms with Gasteiger partial charge in [0.05, 0.1) is 12.2 Å². The lowest BCUT2D eigenvalue weighted by molar-refractivity contribution is 0.348. The molecule has 1 nitrogen and oxygen atoms in total. The van der Waals surface area contributed by atoms with E-state index in [1.54, 1.807) is 11.8 Å². The molecule has 13 heavy (non-hydrogen) atoms. The fraction of sp³-hybridized carbons (Fsp3) is 0.400. The number of ether oxygens (including phenoxy) is 1. The maximum Gasteiger partial charge on any atom is 0.0981 e. The predicted octanol–water partition coefficient (Wildman–Crippen LogP) is 3.22. The van der Waals surface area contributed by atoms with E-state index in [1.807, 2.05) is 18.2 Å². The molecule has 0 saturated carbocycles. The van der Waals surface area contributed by atoms with Crippen LogP contribution in [0.2, 0.25) is 5.02 Å². The van der Waals surface area contributed by atoms with Crippen LogP contribution in [0.15, 0.2) is 29.2 Å². The van der Waals surface area contributed by atoms with Crippen molar-refractivity contribution in [3.8, 4) is 0 Å². The van der Waals surface area contributed by atoms with Crippen molar-refractivity contribution in [1.82, 2.24) is 0 Å². The maximum atomic E-state index is 5.87. The number of halogens is 1. The average Bonchev–Trinajstić information content (AvgIpc) is 2.82. The number of rotatable bonds is 3. The molecular weight excluding hydrogens is 204 g/mol. The largest absolute Gasteiger partial charge is 0.369 e. The molecule has 1 aromatic carbocycles. The van der Waals surface area contributed by atoms with Crippen molar-refractivity contribution in [2.24, 2.45) is 0 Å². The normalized spacial score (nSPS) is 26.0. The number of epoxide rings is 1. The van der Waals surface area contributed by atoms with Gasteiger partial charge >= 0.3 is 0 Å². The van der Waals surface area contributed by atoms with E-state index in [-0.39, 0.29) is 5.60 Å². The van der Waals surface area contributed by atoms with E-state index >= 15 is 0 Å². The number of thioether (sulfide) groups is 1. The van der Waals surface area contributed by atoms with Gasteiger partial charge in [-0.25, -0.2) is 0 Å². The van der Waals surface area contributed by atoms with Gasteiger partial charge in [0.2, 0.25) is 0 Å². The van der Waals surface area contributed by atoms with Crippen LogP contribution >= 0.6 is 23.4 Å². The summed E-state index contributed by atoms with van der Waals surface area (Å²) in [4.78, 5) is 1.21. The zero-order valence-electron chi connectivity index (χ0n) is 7.42. The van der Waals surface area contributed by atoms with Gasteiger partial charge in [0.15, 0.2) is 0 Å². The Morgan fingerprint density at radius 2 is 2.38 bits per heavy atom. The van der Waals surface area contributed by atoms with Gasteiger partial charge in [0.25, 0.3) is 0 Å². The Morgan fingerprint density at radius 3 is 3.00 bits per heavy atom. The van der Waals surface area contributed by atoms with E-state index in [0.29, 0.717) is 0 Å². The Kier molecular flexibility index (Phi) is 2.54. The third kappa shape index (κ3) is 2.63. The standard InChI is InChI=1S/C10H11ClOS/c1-10(6-12-10)7-13-9-4-2-3-8(11)5-9/h2-5H,6-7H2,1H3. The second kappa shape index (κ2) is 3.52. The van der Waals surface area contributed by atoms with E-state index in [1.165, 1.54) is 4.90 Å². The Bertz CT molecular complexity index is 310. The summed E-state index contributed by atoms with van der Waals surface area (Å²) in [7, 11) is 0. The fourth-order valence-electron chi connectivity index (χ4n) is 0.999. The third-order valence-electron chi connectivity index (χ3n) is 1.98. The Morgan fingerprint density at radius 1 is 1.62 bits per heavy atom. The van der Waals surface area contributed by atoms with Crippen LogP contribution in [0.5, 0.6) is 0 Å². The smallest absolute Gasteiger partial charge is 0.0981 e. The van der Waals surface area contributed by atoms with E-state index < -0.39 is 0 Å². The summed E-state index contributed by atoms with van der Waals surface area (Å²) < 4.78 is 5.29. The van der Waals surface area contributed by atoms with Crippen LogP contribution in [0.25, 0.3) is 0 Å². The fourth-order valence-corrected chi connectivity index (χ4v) is 2.28. The minimum absolute atomic E-state index is 0.118. The van der Waals surface area contributed by atoms with Gasteiger partial charge in [0.1, 0.15) is 0 Å².